The summed E-state index contributed by atoms with van der Waals surface area (Å²) in [6.45, 7) is 2.08. The van der Waals surface area contributed by atoms with Gasteiger partial charge >= 0.3 is 5.97 Å². The van der Waals surface area contributed by atoms with Gasteiger partial charge in [-0.15, -0.1) is 0 Å². The molecule has 0 unspecified atom stereocenters. The molecule has 2 aliphatic rings. The first-order valence-electron chi connectivity index (χ1n) is 8.93. The highest BCUT2D eigenvalue weighted by Gasteiger charge is 2.47. The molecule has 0 saturated heterocycles. The molecule has 2 fully saturated rings. The predicted molar refractivity (Wildman–Crippen MR) is 87.7 cm³/mol. The van der Waals surface area contributed by atoms with Gasteiger partial charge in [0.05, 0.1) is 12.5 Å². The summed E-state index contributed by atoms with van der Waals surface area (Å²) >= 11 is 0. The molecule has 0 radical (unpaired) electrons. The third-order valence-electron chi connectivity index (χ3n) is 5.19. The van der Waals surface area contributed by atoms with E-state index in [1.807, 2.05) is 0 Å². The number of rotatable bonds is 5. The van der Waals surface area contributed by atoms with Crippen LogP contribution >= 0.6 is 0 Å². The Bertz CT molecular complexity index is 664. The van der Waals surface area contributed by atoms with Crippen LogP contribution in [0.4, 0.5) is 8.78 Å². The van der Waals surface area contributed by atoms with Gasteiger partial charge in [0, 0.05) is 12.0 Å². The number of halogens is 2. The van der Waals surface area contributed by atoms with Gasteiger partial charge in [0.2, 0.25) is 5.91 Å². The van der Waals surface area contributed by atoms with E-state index in [9.17, 15) is 18.4 Å². The van der Waals surface area contributed by atoms with Crippen molar-refractivity contribution in [1.82, 2.24) is 5.32 Å². The summed E-state index contributed by atoms with van der Waals surface area (Å²) in [6, 6.07) is 3.82. The molecule has 0 spiro atoms. The van der Waals surface area contributed by atoms with E-state index in [0.717, 1.165) is 25.3 Å². The number of amides is 1. The lowest BCUT2D eigenvalue weighted by Gasteiger charge is -2.30. The molecule has 0 heterocycles. The van der Waals surface area contributed by atoms with E-state index in [1.165, 1.54) is 12.1 Å². The van der Waals surface area contributed by atoms with Gasteiger partial charge in [-0.25, -0.2) is 8.78 Å². The first-order valence-corrected chi connectivity index (χ1v) is 8.93. The second-order valence-electron chi connectivity index (χ2n) is 6.85. The zero-order valence-electron chi connectivity index (χ0n) is 14.3. The van der Waals surface area contributed by atoms with Gasteiger partial charge in [-0.2, -0.15) is 0 Å². The largest absolute Gasteiger partial charge is 0.466 e. The Morgan fingerprint density at radius 2 is 1.96 bits per heavy atom. The molecular weight excluding hydrogens is 328 g/mol. The lowest BCUT2D eigenvalue weighted by atomic mass is 9.84. The minimum atomic E-state index is -0.891. The molecule has 1 aromatic carbocycles. The predicted octanol–water partition coefficient (Wildman–Crippen LogP) is 3.31. The highest BCUT2D eigenvalue weighted by Crippen LogP contribution is 2.48. The van der Waals surface area contributed by atoms with E-state index in [2.05, 4.69) is 5.32 Å². The van der Waals surface area contributed by atoms with Crippen LogP contribution in [0.25, 0.3) is 0 Å². The van der Waals surface area contributed by atoms with Crippen LogP contribution in [-0.2, 0) is 14.3 Å². The Morgan fingerprint density at radius 3 is 2.72 bits per heavy atom. The molecule has 1 amide bonds. The molecule has 2 saturated carbocycles. The third-order valence-corrected chi connectivity index (χ3v) is 5.19. The number of esters is 1. The summed E-state index contributed by atoms with van der Waals surface area (Å²) in [7, 11) is 0. The Labute approximate surface area is 145 Å². The fourth-order valence-corrected chi connectivity index (χ4v) is 3.76. The van der Waals surface area contributed by atoms with Crippen molar-refractivity contribution in [3.63, 3.8) is 0 Å². The van der Waals surface area contributed by atoms with Gasteiger partial charge in [-0.3, -0.25) is 9.59 Å². The summed E-state index contributed by atoms with van der Waals surface area (Å²) in [5, 5.41) is 2.95. The van der Waals surface area contributed by atoms with E-state index in [1.54, 1.807) is 6.92 Å². The fourth-order valence-electron chi connectivity index (χ4n) is 3.76. The van der Waals surface area contributed by atoms with Gasteiger partial charge in [-0.1, -0.05) is 25.0 Å². The number of hydrogen-bond donors (Lipinski definition) is 1. The van der Waals surface area contributed by atoms with Gasteiger partial charge in [0.15, 0.2) is 11.6 Å². The van der Waals surface area contributed by atoms with Crippen LogP contribution in [0.15, 0.2) is 18.2 Å². The van der Waals surface area contributed by atoms with Crippen molar-refractivity contribution in [2.45, 2.75) is 51.0 Å². The van der Waals surface area contributed by atoms with Crippen molar-refractivity contribution in [2.75, 3.05) is 6.61 Å². The van der Waals surface area contributed by atoms with Gasteiger partial charge in [0.1, 0.15) is 0 Å². The maximum Gasteiger partial charge on any atom is 0.311 e. The van der Waals surface area contributed by atoms with E-state index in [-0.39, 0.29) is 41.2 Å². The Kier molecular flexibility index (Phi) is 5.35. The number of carbonyl (C=O) groups is 2. The summed E-state index contributed by atoms with van der Waals surface area (Å²) in [4.78, 5) is 24.6. The SMILES string of the molecule is CCOC(=O)[C@H]1CCCC[C@H]1NC(=O)[C@@H]1C[C@@H]1c1cccc(F)c1F. The van der Waals surface area contributed by atoms with Crippen molar-refractivity contribution >= 4 is 11.9 Å². The van der Waals surface area contributed by atoms with Crippen molar-refractivity contribution in [1.29, 1.82) is 0 Å². The standard InChI is InChI=1S/C19H23F2NO3/c1-2-25-19(24)12-6-3-4-9-16(12)22-18(23)14-10-13(14)11-7-5-8-15(20)17(11)21/h5,7-8,12-14,16H,2-4,6,9-10H2,1H3,(H,22,23)/t12-,13+,14+,16+/m0/s1. The lowest BCUT2D eigenvalue weighted by Crippen LogP contribution is -2.46. The van der Waals surface area contributed by atoms with Gasteiger partial charge in [0.25, 0.3) is 0 Å². The van der Waals surface area contributed by atoms with Crippen molar-refractivity contribution < 1.29 is 23.1 Å². The zero-order valence-corrected chi connectivity index (χ0v) is 14.3. The Hall–Kier alpha value is -1.98. The van der Waals surface area contributed by atoms with E-state index >= 15 is 0 Å². The first kappa shape index (κ1) is 17.8. The number of carbonyl (C=O) groups excluding carboxylic acids is 2. The highest BCUT2D eigenvalue weighted by atomic mass is 19.2. The van der Waals surface area contributed by atoms with Crippen LogP contribution in [0.1, 0.15) is 50.5 Å². The van der Waals surface area contributed by atoms with Gasteiger partial charge in [-0.05, 0) is 43.7 Å². The molecule has 25 heavy (non-hydrogen) atoms. The van der Waals surface area contributed by atoms with Crippen molar-refractivity contribution in [3.8, 4) is 0 Å². The van der Waals surface area contributed by atoms with Crippen LogP contribution in [0.2, 0.25) is 0 Å². The molecule has 6 heteroatoms. The maximum absolute atomic E-state index is 13.9. The minimum absolute atomic E-state index is 0.185. The number of benzene rings is 1. The summed E-state index contributed by atoms with van der Waals surface area (Å²) in [6.07, 6.45) is 3.84. The molecule has 3 rings (SSSR count). The van der Waals surface area contributed by atoms with E-state index in [4.69, 9.17) is 4.74 Å². The number of hydrogen-bond acceptors (Lipinski definition) is 3. The summed E-state index contributed by atoms with van der Waals surface area (Å²) < 4.78 is 32.3. The average Bonchev–Trinajstić information content (AvgIpc) is 3.38. The van der Waals surface area contributed by atoms with Crippen LogP contribution in [0.3, 0.4) is 0 Å². The molecule has 4 atom stereocenters. The normalized spacial score (nSPS) is 28.3. The van der Waals surface area contributed by atoms with Crippen LogP contribution in [0.5, 0.6) is 0 Å². The lowest BCUT2D eigenvalue weighted by molar-refractivity contribution is -0.150. The third kappa shape index (κ3) is 3.83. The molecule has 2 aliphatic carbocycles. The molecule has 0 bridgehead atoms. The molecule has 0 aliphatic heterocycles. The molecular formula is C19H23F2NO3. The highest BCUT2D eigenvalue weighted by molar-refractivity contribution is 5.84. The quantitative estimate of drug-likeness (QED) is 0.828. The van der Waals surface area contributed by atoms with E-state index < -0.39 is 11.6 Å². The first-order chi connectivity index (χ1) is 12.0. The van der Waals surface area contributed by atoms with Crippen LogP contribution in [-0.4, -0.2) is 24.5 Å². The topological polar surface area (TPSA) is 55.4 Å². The summed E-state index contributed by atoms with van der Waals surface area (Å²) in [5.74, 6) is -3.18. The second kappa shape index (κ2) is 7.50. The van der Waals surface area contributed by atoms with Crippen molar-refractivity contribution in [3.05, 3.63) is 35.4 Å². The van der Waals surface area contributed by atoms with Crippen LogP contribution < -0.4 is 5.32 Å². The molecule has 136 valence electrons. The minimum Gasteiger partial charge on any atom is -0.466 e. The Morgan fingerprint density at radius 1 is 1.20 bits per heavy atom. The average molecular weight is 351 g/mol. The monoisotopic (exact) mass is 351 g/mol. The summed E-state index contributed by atoms with van der Waals surface area (Å²) in [5.41, 5.74) is 0.255. The van der Waals surface area contributed by atoms with E-state index in [0.29, 0.717) is 19.4 Å². The molecule has 1 aromatic rings. The molecule has 1 N–H and O–H groups in total. The fraction of sp³-hybridized carbons (Fsp3) is 0.579. The second-order valence-corrected chi connectivity index (χ2v) is 6.85. The van der Waals surface area contributed by atoms with Crippen LogP contribution in [0, 0.1) is 23.5 Å². The molecule has 0 aromatic heterocycles. The van der Waals surface area contributed by atoms with Gasteiger partial charge < -0.3 is 10.1 Å². The zero-order chi connectivity index (χ0) is 18.0. The molecule has 4 nitrogen and oxygen atoms in total. The number of nitrogens with one attached hydrogen (secondary N) is 1. The Balaban J connectivity index is 1.62. The maximum atomic E-state index is 13.9. The van der Waals surface area contributed by atoms with Crippen molar-refractivity contribution in [2.24, 2.45) is 11.8 Å². The number of ether oxygens (including phenoxy) is 1. The smallest absolute Gasteiger partial charge is 0.311 e.